The molecule has 1 amide bonds. The van der Waals surface area contributed by atoms with E-state index in [1.165, 1.54) is 0 Å². The van der Waals surface area contributed by atoms with Crippen LogP contribution < -0.4 is 5.73 Å². The number of nitrogens with two attached hydrogens (primary N) is 1. The van der Waals surface area contributed by atoms with E-state index in [2.05, 4.69) is 24.0 Å². The number of hydrogen-bond donors (Lipinski definition) is 2. The number of anilines is 1. The van der Waals surface area contributed by atoms with Crippen molar-refractivity contribution in [1.29, 1.82) is 0 Å². The second kappa shape index (κ2) is 7.00. The van der Waals surface area contributed by atoms with Crippen LogP contribution in [0.25, 0.3) is 0 Å². The first-order valence-corrected chi connectivity index (χ1v) is 6.24. The minimum atomic E-state index is -0.0787. The molecule has 0 aliphatic heterocycles. The molecule has 0 saturated carbocycles. The number of methoxy groups -OCH3 is 1. The van der Waals surface area contributed by atoms with E-state index in [4.69, 9.17) is 10.5 Å². The largest absolute Gasteiger partial charge is 0.383 e. The molecule has 18 heavy (non-hydrogen) atoms. The maximum Gasteiger partial charge on any atom is 0.272 e. The summed E-state index contributed by atoms with van der Waals surface area (Å²) >= 11 is 0. The van der Waals surface area contributed by atoms with Crippen LogP contribution in [0.1, 0.15) is 37.2 Å². The summed E-state index contributed by atoms with van der Waals surface area (Å²) in [7, 11) is 1.63. The van der Waals surface area contributed by atoms with Gasteiger partial charge < -0.3 is 15.4 Å². The van der Waals surface area contributed by atoms with Crippen LogP contribution in [0.3, 0.4) is 0 Å². The number of amides is 1. The summed E-state index contributed by atoms with van der Waals surface area (Å²) in [6.45, 7) is 5.23. The Kier molecular flexibility index (Phi) is 5.64. The van der Waals surface area contributed by atoms with Crippen molar-refractivity contribution in [1.82, 2.24) is 15.1 Å². The highest BCUT2D eigenvalue weighted by Gasteiger charge is 2.23. The summed E-state index contributed by atoms with van der Waals surface area (Å²) in [5.41, 5.74) is 5.95. The van der Waals surface area contributed by atoms with Crippen molar-refractivity contribution in [3.63, 3.8) is 0 Å². The Morgan fingerprint density at radius 3 is 2.67 bits per heavy atom. The van der Waals surface area contributed by atoms with E-state index >= 15 is 0 Å². The van der Waals surface area contributed by atoms with Crippen molar-refractivity contribution in [3.05, 3.63) is 11.8 Å². The number of nitrogens with zero attached hydrogens (tertiary/aromatic N) is 2. The van der Waals surface area contributed by atoms with E-state index < -0.39 is 0 Å². The Morgan fingerprint density at radius 1 is 1.56 bits per heavy atom. The second-order valence-corrected chi connectivity index (χ2v) is 4.17. The molecular formula is C12H22N4O2. The Bertz CT molecular complexity index is 374. The lowest BCUT2D eigenvalue weighted by Crippen LogP contribution is -2.42. The lowest BCUT2D eigenvalue weighted by molar-refractivity contribution is 0.0583. The molecule has 0 atom stereocenters. The van der Waals surface area contributed by atoms with Crippen molar-refractivity contribution in [2.75, 3.05) is 26.0 Å². The Morgan fingerprint density at radius 2 is 2.22 bits per heavy atom. The highest BCUT2D eigenvalue weighted by Crippen LogP contribution is 2.13. The average Bonchev–Trinajstić information content (AvgIpc) is 2.80. The van der Waals surface area contributed by atoms with Gasteiger partial charge >= 0.3 is 0 Å². The molecule has 1 heterocycles. The number of nitrogen functional groups attached to an aromatic ring is 1. The summed E-state index contributed by atoms with van der Waals surface area (Å²) in [4.78, 5) is 14.2. The third-order valence-electron chi connectivity index (χ3n) is 3.01. The lowest BCUT2D eigenvalue weighted by atomic mass is 10.1. The number of aromatic amines is 1. The monoisotopic (exact) mass is 254 g/mol. The zero-order valence-corrected chi connectivity index (χ0v) is 11.3. The van der Waals surface area contributed by atoms with Crippen LogP contribution in [0.2, 0.25) is 0 Å². The average molecular weight is 254 g/mol. The molecule has 0 saturated heterocycles. The summed E-state index contributed by atoms with van der Waals surface area (Å²) in [5, 5.41) is 6.44. The number of rotatable bonds is 7. The zero-order valence-electron chi connectivity index (χ0n) is 11.3. The highest BCUT2D eigenvalue weighted by atomic mass is 16.5. The van der Waals surface area contributed by atoms with Crippen LogP contribution in [0, 0.1) is 0 Å². The Labute approximate surface area is 107 Å². The quantitative estimate of drug-likeness (QED) is 0.767. The van der Waals surface area contributed by atoms with Gasteiger partial charge in [0.15, 0.2) is 0 Å². The summed E-state index contributed by atoms with van der Waals surface area (Å²) in [6, 6.07) is 1.77. The molecule has 1 rings (SSSR count). The van der Waals surface area contributed by atoms with Gasteiger partial charge in [0, 0.05) is 25.8 Å². The van der Waals surface area contributed by atoms with Crippen LogP contribution >= 0.6 is 0 Å². The smallest absolute Gasteiger partial charge is 0.272 e. The molecule has 0 aliphatic rings. The molecule has 102 valence electrons. The Balaban J connectivity index is 2.84. The summed E-state index contributed by atoms with van der Waals surface area (Å²) < 4.78 is 5.06. The van der Waals surface area contributed by atoms with Gasteiger partial charge in [-0.2, -0.15) is 5.10 Å². The van der Waals surface area contributed by atoms with Crippen LogP contribution in [-0.2, 0) is 4.74 Å². The van der Waals surface area contributed by atoms with Crippen molar-refractivity contribution >= 4 is 11.7 Å². The Hall–Kier alpha value is -1.56. The predicted molar refractivity (Wildman–Crippen MR) is 70.3 cm³/mol. The molecule has 0 aromatic carbocycles. The third kappa shape index (κ3) is 3.46. The zero-order chi connectivity index (χ0) is 13.5. The van der Waals surface area contributed by atoms with Gasteiger partial charge in [0.1, 0.15) is 11.5 Å². The predicted octanol–water partition coefficient (Wildman–Crippen LogP) is 1.27. The first-order valence-electron chi connectivity index (χ1n) is 6.24. The van der Waals surface area contributed by atoms with Crippen molar-refractivity contribution in [3.8, 4) is 0 Å². The standard InChI is InChI=1S/C12H22N4O2/c1-4-9(5-2)16(6-7-18-3)12(17)10-8-11(13)15-14-10/h8-9H,4-7H2,1-3H3,(H3,13,14,15). The van der Waals surface area contributed by atoms with E-state index in [0.29, 0.717) is 24.7 Å². The van der Waals surface area contributed by atoms with Gasteiger partial charge in [0.05, 0.1) is 6.61 Å². The minimum absolute atomic E-state index is 0.0787. The second-order valence-electron chi connectivity index (χ2n) is 4.17. The number of nitrogens with one attached hydrogen (secondary N) is 1. The lowest BCUT2D eigenvalue weighted by Gasteiger charge is -2.29. The van der Waals surface area contributed by atoms with Crippen LogP contribution in [0.5, 0.6) is 0 Å². The fraction of sp³-hybridized carbons (Fsp3) is 0.667. The number of hydrogen-bond acceptors (Lipinski definition) is 4. The van der Waals surface area contributed by atoms with E-state index in [9.17, 15) is 4.79 Å². The van der Waals surface area contributed by atoms with E-state index in [1.807, 2.05) is 4.90 Å². The van der Waals surface area contributed by atoms with Gasteiger partial charge in [-0.1, -0.05) is 13.8 Å². The van der Waals surface area contributed by atoms with Gasteiger partial charge in [-0.05, 0) is 12.8 Å². The first kappa shape index (κ1) is 14.5. The maximum atomic E-state index is 12.4. The summed E-state index contributed by atoms with van der Waals surface area (Å²) in [6.07, 6.45) is 1.82. The first-order chi connectivity index (χ1) is 8.63. The number of aromatic nitrogens is 2. The van der Waals surface area contributed by atoms with Crippen molar-refractivity contribution < 1.29 is 9.53 Å². The molecule has 0 radical (unpaired) electrons. The minimum Gasteiger partial charge on any atom is -0.383 e. The molecule has 6 heteroatoms. The molecule has 0 unspecified atom stereocenters. The van der Waals surface area contributed by atoms with Crippen molar-refractivity contribution in [2.45, 2.75) is 32.7 Å². The van der Waals surface area contributed by atoms with Gasteiger partial charge in [0.25, 0.3) is 5.91 Å². The molecule has 0 fully saturated rings. The van der Waals surface area contributed by atoms with Gasteiger partial charge in [-0.15, -0.1) is 0 Å². The molecule has 0 bridgehead atoms. The molecular weight excluding hydrogens is 232 g/mol. The molecule has 3 N–H and O–H groups in total. The molecule has 1 aromatic rings. The topological polar surface area (TPSA) is 84.2 Å². The fourth-order valence-corrected chi connectivity index (χ4v) is 1.97. The van der Waals surface area contributed by atoms with Crippen LogP contribution in [0.15, 0.2) is 6.07 Å². The van der Waals surface area contributed by atoms with E-state index in [0.717, 1.165) is 12.8 Å². The normalized spacial score (nSPS) is 10.9. The van der Waals surface area contributed by atoms with Crippen LogP contribution in [0.4, 0.5) is 5.82 Å². The summed E-state index contributed by atoms with van der Waals surface area (Å²) in [5.74, 6) is 0.250. The number of ether oxygens (including phenoxy) is 1. The van der Waals surface area contributed by atoms with Gasteiger partial charge in [0.2, 0.25) is 0 Å². The highest BCUT2D eigenvalue weighted by molar-refractivity contribution is 5.93. The molecule has 1 aromatic heterocycles. The maximum absolute atomic E-state index is 12.4. The van der Waals surface area contributed by atoms with Crippen LogP contribution in [-0.4, -0.2) is 47.3 Å². The molecule has 6 nitrogen and oxygen atoms in total. The van der Waals surface area contributed by atoms with Gasteiger partial charge in [-0.3, -0.25) is 9.89 Å². The van der Waals surface area contributed by atoms with Gasteiger partial charge in [-0.25, -0.2) is 0 Å². The third-order valence-corrected chi connectivity index (χ3v) is 3.01. The van der Waals surface area contributed by atoms with E-state index in [-0.39, 0.29) is 11.9 Å². The SMILES string of the molecule is CCC(CC)N(CCOC)C(=O)c1cc(N)n[nH]1. The molecule has 0 spiro atoms. The number of H-pyrrole nitrogens is 1. The molecule has 0 aliphatic carbocycles. The number of carbonyl (C=O) groups is 1. The van der Waals surface area contributed by atoms with E-state index in [1.54, 1.807) is 13.2 Å². The van der Waals surface area contributed by atoms with Crippen molar-refractivity contribution in [2.24, 2.45) is 0 Å². The number of carbonyl (C=O) groups excluding carboxylic acids is 1. The fourth-order valence-electron chi connectivity index (χ4n) is 1.97.